The minimum Gasteiger partial charge on any atom is -0.497 e. The molecule has 1 aliphatic rings. The van der Waals surface area contributed by atoms with Gasteiger partial charge < -0.3 is 15.4 Å². The number of benzene rings is 1. The van der Waals surface area contributed by atoms with Gasteiger partial charge in [0, 0.05) is 12.6 Å². The lowest BCUT2D eigenvalue weighted by Gasteiger charge is -2.16. The third-order valence-corrected chi connectivity index (χ3v) is 4.52. The van der Waals surface area contributed by atoms with E-state index >= 15 is 0 Å². The Morgan fingerprint density at radius 1 is 1.21 bits per heavy atom. The predicted octanol–water partition coefficient (Wildman–Crippen LogP) is 4.21. The van der Waals surface area contributed by atoms with E-state index in [4.69, 9.17) is 4.74 Å². The number of carbonyl (C=O) groups excluding carboxylic acids is 1. The van der Waals surface area contributed by atoms with E-state index in [2.05, 4.69) is 28.8 Å². The predicted molar refractivity (Wildman–Crippen MR) is 98.5 cm³/mol. The lowest BCUT2D eigenvalue weighted by molar-refractivity contribution is 0.237. The second-order valence-electron chi connectivity index (χ2n) is 6.55. The molecule has 4 nitrogen and oxygen atoms in total. The normalized spacial score (nSPS) is 15.3. The molecule has 132 valence electrons. The van der Waals surface area contributed by atoms with Crippen LogP contribution in [-0.4, -0.2) is 25.7 Å². The molecule has 1 aromatic carbocycles. The molecule has 2 N–H and O–H groups in total. The summed E-state index contributed by atoms with van der Waals surface area (Å²) in [5, 5.41) is 5.98. The molecule has 1 aliphatic carbocycles. The Hall–Kier alpha value is -1.97. The van der Waals surface area contributed by atoms with Gasteiger partial charge in [-0.05, 0) is 69.6 Å². The van der Waals surface area contributed by atoms with Crippen LogP contribution >= 0.6 is 0 Å². The number of carbonyl (C=O) groups is 1. The first-order valence-corrected chi connectivity index (χ1v) is 9.02. The molecule has 1 aromatic rings. The number of allylic oxidation sites excluding steroid dienone is 1. The van der Waals surface area contributed by atoms with E-state index in [1.54, 1.807) is 7.11 Å². The van der Waals surface area contributed by atoms with E-state index in [0.29, 0.717) is 0 Å². The van der Waals surface area contributed by atoms with Crippen molar-refractivity contribution in [2.75, 3.05) is 13.7 Å². The van der Waals surface area contributed by atoms with Crippen LogP contribution in [0.1, 0.15) is 51.0 Å². The van der Waals surface area contributed by atoms with Crippen molar-refractivity contribution >= 4 is 6.03 Å². The highest BCUT2D eigenvalue weighted by molar-refractivity contribution is 5.74. The van der Waals surface area contributed by atoms with Gasteiger partial charge in [0.2, 0.25) is 0 Å². The number of aryl methyl sites for hydroxylation is 1. The van der Waals surface area contributed by atoms with Crippen molar-refractivity contribution in [2.24, 2.45) is 0 Å². The summed E-state index contributed by atoms with van der Waals surface area (Å²) in [5.41, 5.74) is 2.75. The van der Waals surface area contributed by atoms with E-state index < -0.39 is 0 Å². The van der Waals surface area contributed by atoms with E-state index in [-0.39, 0.29) is 12.1 Å². The van der Waals surface area contributed by atoms with Crippen molar-refractivity contribution in [3.05, 3.63) is 41.5 Å². The number of nitrogens with one attached hydrogen (secondary N) is 2. The van der Waals surface area contributed by atoms with Crippen LogP contribution < -0.4 is 15.4 Å². The first-order chi connectivity index (χ1) is 11.7. The van der Waals surface area contributed by atoms with Crippen LogP contribution in [0.25, 0.3) is 0 Å². The molecule has 2 amide bonds. The number of amides is 2. The third-order valence-electron chi connectivity index (χ3n) is 4.52. The Labute approximate surface area is 145 Å². The quantitative estimate of drug-likeness (QED) is 0.702. The van der Waals surface area contributed by atoms with Gasteiger partial charge in [-0.3, -0.25) is 0 Å². The fraction of sp³-hybridized carbons (Fsp3) is 0.550. The summed E-state index contributed by atoms with van der Waals surface area (Å²) in [6.07, 6.45) is 10.2. The van der Waals surface area contributed by atoms with Crippen LogP contribution in [0.3, 0.4) is 0 Å². The van der Waals surface area contributed by atoms with Gasteiger partial charge in [0.25, 0.3) is 0 Å². The molecule has 0 saturated carbocycles. The second kappa shape index (κ2) is 10.0. The minimum absolute atomic E-state index is 0.0614. The average Bonchev–Trinajstić information content (AvgIpc) is 2.61. The van der Waals surface area contributed by atoms with Gasteiger partial charge in [-0.15, -0.1) is 0 Å². The summed E-state index contributed by atoms with van der Waals surface area (Å²) in [7, 11) is 1.67. The topological polar surface area (TPSA) is 50.4 Å². The molecular formula is C20H30N2O2. The lowest BCUT2D eigenvalue weighted by Crippen LogP contribution is -2.41. The van der Waals surface area contributed by atoms with Crippen LogP contribution in [0.2, 0.25) is 0 Å². The summed E-state index contributed by atoms with van der Waals surface area (Å²) in [5.74, 6) is 0.873. The molecule has 0 radical (unpaired) electrons. The van der Waals surface area contributed by atoms with Crippen molar-refractivity contribution < 1.29 is 9.53 Å². The number of hydrogen-bond donors (Lipinski definition) is 2. The summed E-state index contributed by atoms with van der Waals surface area (Å²) in [4.78, 5) is 11.9. The first-order valence-electron chi connectivity index (χ1n) is 9.02. The van der Waals surface area contributed by atoms with Crippen LogP contribution in [0.4, 0.5) is 4.79 Å². The van der Waals surface area contributed by atoms with E-state index in [0.717, 1.165) is 31.6 Å². The molecular weight excluding hydrogens is 300 g/mol. The summed E-state index contributed by atoms with van der Waals surface area (Å²) in [6, 6.07) is 8.18. The molecule has 0 spiro atoms. The Bertz CT molecular complexity index is 537. The zero-order valence-corrected chi connectivity index (χ0v) is 14.9. The maximum absolute atomic E-state index is 11.9. The molecule has 0 fully saturated rings. The van der Waals surface area contributed by atoms with Crippen molar-refractivity contribution in [1.29, 1.82) is 0 Å². The molecule has 0 aliphatic heterocycles. The highest BCUT2D eigenvalue weighted by atomic mass is 16.5. The zero-order chi connectivity index (χ0) is 17.2. The Kier molecular flexibility index (Phi) is 7.66. The van der Waals surface area contributed by atoms with Gasteiger partial charge in [-0.1, -0.05) is 23.8 Å². The van der Waals surface area contributed by atoms with E-state index in [9.17, 15) is 4.79 Å². The summed E-state index contributed by atoms with van der Waals surface area (Å²) < 4.78 is 5.16. The van der Waals surface area contributed by atoms with E-state index in [1.165, 1.54) is 36.8 Å². The molecule has 1 unspecified atom stereocenters. The van der Waals surface area contributed by atoms with Crippen molar-refractivity contribution in [3.63, 3.8) is 0 Å². The number of methoxy groups -OCH3 is 1. The molecule has 1 atom stereocenters. The average molecular weight is 330 g/mol. The molecule has 2 rings (SSSR count). The third kappa shape index (κ3) is 6.65. The molecule has 4 heteroatoms. The van der Waals surface area contributed by atoms with Gasteiger partial charge in [0.1, 0.15) is 5.75 Å². The lowest BCUT2D eigenvalue weighted by atomic mass is 9.97. The largest absolute Gasteiger partial charge is 0.497 e. The van der Waals surface area contributed by atoms with Crippen molar-refractivity contribution in [3.8, 4) is 5.75 Å². The van der Waals surface area contributed by atoms with Gasteiger partial charge in [0.15, 0.2) is 0 Å². The number of ether oxygens (including phenoxy) is 1. The zero-order valence-electron chi connectivity index (χ0n) is 14.9. The van der Waals surface area contributed by atoms with Crippen molar-refractivity contribution in [1.82, 2.24) is 10.6 Å². The fourth-order valence-electron chi connectivity index (χ4n) is 2.99. The van der Waals surface area contributed by atoms with Crippen LogP contribution in [0, 0.1) is 0 Å². The monoisotopic (exact) mass is 330 g/mol. The smallest absolute Gasteiger partial charge is 0.315 e. The second-order valence-corrected chi connectivity index (χ2v) is 6.55. The van der Waals surface area contributed by atoms with E-state index in [1.807, 2.05) is 19.1 Å². The van der Waals surface area contributed by atoms with Gasteiger partial charge in [0.05, 0.1) is 7.11 Å². The number of hydrogen-bond acceptors (Lipinski definition) is 2. The minimum atomic E-state index is -0.0614. The first kappa shape index (κ1) is 18.4. The van der Waals surface area contributed by atoms with Crippen LogP contribution in [0.15, 0.2) is 35.9 Å². The Morgan fingerprint density at radius 3 is 2.67 bits per heavy atom. The van der Waals surface area contributed by atoms with Crippen LogP contribution in [-0.2, 0) is 6.42 Å². The van der Waals surface area contributed by atoms with Crippen LogP contribution in [0.5, 0.6) is 5.75 Å². The molecule has 24 heavy (non-hydrogen) atoms. The summed E-state index contributed by atoms with van der Waals surface area (Å²) >= 11 is 0. The Morgan fingerprint density at radius 2 is 2.00 bits per heavy atom. The van der Waals surface area contributed by atoms with Gasteiger partial charge >= 0.3 is 6.03 Å². The maximum atomic E-state index is 11.9. The highest BCUT2D eigenvalue weighted by Crippen LogP contribution is 2.19. The van der Waals surface area contributed by atoms with Crippen molar-refractivity contribution in [2.45, 2.75) is 57.9 Å². The maximum Gasteiger partial charge on any atom is 0.315 e. The highest BCUT2D eigenvalue weighted by Gasteiger charge is 2.08. The molecule has 0 bridgehead atoms. The summed E-state index contributed by atoms with van der Waals surface area (Å²) in [6.45, 7) is 2.77. The standard InChI is InChI=1S/C20H30N2O2/c1-16(8-9-18-10-12-19(24-2)13-11-18)22-20(23)21-15-14-17-6-4-3-5-7-17/h6,10-13,16H,3-5,7-9,14-15H2,1-2H3,(H2,21,22,23). The fourth-order valence-corrected chi connectivity index (χ4v) is 2.99. The van der Waals surface area contributed by atoms with Gasteiger partial charge in [-0.2, -0.15) is 0 Å². The number of urea groups is 1. The number of rotatable bonds is 8. The molecule has 0 saturated heterocycles. The molecule has 0 aromatic heterocycles. The van der Waals surface area contributed by atoms with Gasteiger partial charge in [-0.25, -0.2) is 4.79 Å². The SMILES string of the molecule is COc1ccc(CCC(C)NC(=O)NCCC2=CCCCC2)cc1. The molecule has 0 heterocycles. The Balaban J connectivity index is 1.61.